The van der Waals surface area contributed by atoms with Crippen LogP contribution in [-0.4, -0.2) is 6.26 Å². The van der Waals surface area contributed by atoms with E-state index in [4.69, 9.17) is 0 Å². The summed E-state index contributed by atoms with van der Waals surface area (Å²) < 4.78 is 4.29. The first-order chi connectivity index (χ1) is 6.24. The maximum absolute atomic E-state index is 2.44. The Morgan fingerprint density at radius 2 is 2.15 bits per heavy atom. The molecule has 0 bridgehead atoms. The molecular formula is C10H9IS2. The zero-order valence-corrected chi connectivity index (χ0v) is 11.2. The van der Waals surface area contributed by atoms with E-state index in [9.17, 15) is 0 Å². The van der Waals surface area contributed by atoms with Crippen LogP contribution in [-0.2, 0) is 0 Å². The Bertz CT molecular complexity index is 445. The van der Waals surface area contributed by atoms with E-state index >= 15 is 0 Å². The van der Waals surface area contributed by atoms with Gasteiger partial charge >= 0.3 is 0 Å². The summed E-state index contributed by atoms with van der Waals surface area (Å²) in [6, 6.07) is 6.52. The summed E-state index contributed by atoms with van der Waals surface area (Å²) in [5, 5.41) is 1.41. The third kappa shape index (κ3) is 1.62. The number of aryl methyl sites for hydroxylation is 1. The van der Waals surface area contributed by atoms with Crippen molar-refractivity contribution >= 4 is 55.8 Å². The van der Waals surface area contributed by atoms with Gasteiger partial charge in [-0.05, 0) is 41.3 Å². The molecule has 0 aliphatic rings. The van der Waals surface area contributed by atoms with Gasteiger partial charge in [-0.15, -0.1) is 23.1 Å². The average Bonchev–Trinajstić information content (AvgIpc) is 2.45. The number of fused-ring (bicyclic) bond motifs is 1. The predicted molar refractivity (Wildman–Crippen MR) is 71.1 cm³/mol. The van der Waals surface area contributed by atoms with E-state index in [1.807, 2.05) is 23.1 Å². The molecule has 0 atom stereocenters. The van der Waals surface area contributed by atoms with Crippen LogP contribution < -0.4 is 0 Å². The van der Waals surface area contributed by atoms with Gasteiger partial charge in [0.05, 0.1) is 4.21 Å². The average molecular weight is 320 g/mol. The van der Waals surface area contributed by atoms with Gasteiger partial charge in [0.15, 0.2) is 0 Å². The van der Waals surface area contributed by atoms with E-state index in [0.29, 0.717) is 0 Å². The van der Waals surface area contributed by atoms with E-state index in [1.54, 1.807) is 0 Å². The molecular weight excluding hydrogens is 311 g/mol. The highest BCUT2D eigenvalue weighted by Gasteiger charge is 2.09. The summed E-state index contributed by atoms with van der Waals surface area (Å²) >= 11 is 6.19. The van der Waals surface area contributed by atoms with Gasteiger partial charge < -0.3 is 0 Å². The molecule has 0 N–H and O–H groups in total. The van der Waals surface area contributed by atoms with Crippen molar-refractivity contribution in [1.29, 1.82) is 0 Å². The highest BCUT2D eigenvalue weighted by atomic mass is 127. The van der Waals surface area contributed by atoms with Crippen molar-refractivity contribution in [2.45, 2.75) is 11.1 Å². The van der Waals surface area contributed by atoms with Crippen LogP contribution in [0, 0.1) is 10.5 Å². The Morgan fingerprint density at radius 1 is 1.38 bits per heavy atom. The molecule has 0 aliphatic heterocycles. The molecule has 2 aromatic rings. The van der Waals surface area contributed by atoms with Crippen molar-refractivity contribution in [3.8, 4) is 0 Å². The Hall–Kier alpha value is 0.260. The van der Waals surface area contributed by atoms with Gasteiger partial charge in [-0.25, -0.2) is 0 Å². The molecule has 2 rings (SSSR count). The molecule has 0 nitrogen and oxygen atoms in total. The second-order valence-electron chi connectivity index (χ2n) is 2.86. The smallest absolute Gasteiger partial charge is 0.0742 e. The van der Waals surface area contributed by atoms with Gasteiger partial charge in [0, 0.05) is 13.7 Å². The third-order valence-electron chi connectivity index (χ3n) is 2.01. The van der Waals surface area contributed by atoms with Crippen molar-refractivity contribution in [2.75, 3.05) is 6.26 Å². The van der Waals surface area contributed by atoms with Crippen molar-refractivity contribution in [3.63, 3.8) is 0 Å². The maximum Gasteiger partial charge on any atom is 0.0742 e. The van der Waals surface area contributed by atoms with Crippen molar-refractivity contribution in [2.24, 2.45) is 0 Å². The first-order valence-corrected chi connectivity index (χ1v) is 7.07. The summed E-state index contributed by atoms with van der Waals surface area (Å²) in [5.74, 6) is 0. The van der Waals surface area contributed by atoms with Crippen molar-refractivity contribution in [3.05, 3.63) is 27.3 Å². The Balaban J connectivity index is 2.83. The van der Waals surface area contributed by atoms with Crippen LogP contribution in [0.2, 0.25) is 0 Å². The molecule has 0 fully saturated rings. The van der Waals surface area contributed by atoms with Gasteiger partial charge in [-0.3, -0.25) is 0 Å². The molecule has 0 spiro atoms. The molecule has 3 heteroatoms. The lowest BCUT2D eigenvalue weighted by atomic mass is 10.2. The summed E-state index contributed by atoms with van der Waals surface area (Å²) in [6.45, 7) is 2.18. The quantitative estimate of drug-likeness (QED) is 0.549. The predicted octanol–water partition coefficient (Wildman–Crippen LogP) is 4.54. The highest BCUT2D eigenvalue weighted by Crippen LogP contribution is 2.39. The SMILES string of the molecule is CSc1sc2c(C)cccc2c1I. The molecule has 68 valence electrons. The number of hydrogen-bond donors (Lipinski definition) is 0. The fraction of sp³-hybridized carbons (Fsp3) is 0.200. The van der Waals surface area contributed by atoms with Gasteiger partial charge in [0.25, 0.3) is 0 Å². The largest absolute Gasteiger partial charge is 0.127 e. The fourth-order valence-electron chi connectivity index (χ4n) is 1.34. The number of thiophene rings is 1. The van der Waals surface area contributed by atoms with Crippen LogP contribution in [0.5, 0.6) is 0 Å². The van der Waals surface area contributed by atoms with Crippen molar-refractivity contribution < 1.29 is 0 Å². The molecule has 0 unspecified atom stereocenters. The number of rotatable bonds is 1. The lowest BCUT2D eigenvalue weighted by molar-refractivity contribution is 1.55. The van der Waals surface area contributed by atoms with Crippen LogP contribution in [0.1, 0.15) is 5.56 Å². The molecule has 1 aromatic heterocycles. The summed E-state index contributed by atoms with van der Waals surface area (Å²) in [4.78, 5) is 0. The van der Waals surface area contributed by atoms with Crippen LogP contribution in [0.15, 0.2) is 22.4 Å². The maximum atomic E-state index is 2.44. The summed E-state index contributed by atoms with van der Waals surface area (Å²) in [6.07, 6.45) is 2.14. The standard InChI is InChI=1S/C10H9IS2/c1-6-4-3-5-7-8(11)10(12-2)13-9(6)7/h3-5H,1-2H3. The van der Waals surface area contributed by atoms with E-state index in [2.05, 4.69) is 54.0 Å². The first kappa shape index (κ1) is 9.80. The molecule has 0 saturated carbocycles. The zero-order valence-electron chi connectivity index (χ0n) is 7.43. The van der Waals surface area contributed by atoms with E-state index in [0.717, 1.165) is 0 Å². The second-order valence-corrected chi connectivity index (χ2v) is 6.03. The minimum atomic E-state index is 1.39. The molecule has 0 radical (unpaired) electrons. The number of halogens is 1. The minimum absolute atomic E-state index is 1.39. The molecule has 13 heavy (non-hydrogen) atoms. The molecule has 0 amide bonds. The Labute approximate surface area is 99.9 Å². The lowest BCUT2D eigenvalue weighted by Crippen LogP contribution is -1.71. The molecule has 1 aromatic carbocycles. The van der Waals surface area contributed by atoms with Crippen LogP contribution >= 0.6 is 45.7 Å². The van der Waals surface area contributed by atoms with Crippen LogP contribution in [0.4, 0.5) is 0 Å². The fourth-order valence-corrected chi connectivity index (χ4v) is 4.73. The second kappa shape index (κ2) is 3.79. The van der Waals surface area contributed by atoms with E-state index in [1.165, 1.54) is 23.4 Å². The normalized spacial score (nSPS) is 11.0. The van der Waals surface area contributed by atoms with Gasteiger partial charge in [0.2, 0.25) is 0 Å². The topological polar surface area (TPSA) is 0 Å². The Morgan fingerprint density at radius 3 is 2.77 bits per heavy atom. The first-order valence-electron chi connectivity index (χ1n) is 3.95. The Kier molecular flexibility index (Phi) is 2.86. The lowest BCUT2D eigenvalue weighted by Gasteiger charge is -1.93. The van der Waals surface area contributed by atoms with Crippen LogP contribution in [0.25, 0.3) is 10.1 Å². The third-order valence-corrected chi connectivity index (χ3v) is 6.32. The molecule has 0 aliphatic carbocycles. The van der Waals surface area contributed by atoms with Crippen LogP contribution in [0.3, 0.4) is 0 Å². The van der Waals surface area contributed by atoms with Gasteiger partial charge in [0.1, 0.15) is 0 Å². The molecule has 1 heterocycles. The highest BCUT2D eigenvalue weighted by molar-refractivity contribution is 14.1. The minimum Gasteiger partial charge on any atom is -0.127 e. The van der Waals surface area contributed by atoms with E-state index in [-0.39, 0.29) is 0 Å². The summed E-state index contributed by atoms with van der Waals surface area (Å²) in [7, 11) is 0. The molecule has 0 saturated heterocycles. The zero-order chi connectivity index (χ0) is 9.42. The summed E-state index contributed by atoms with van der Waals surface area (Å²) in [5.41, 5.74) is 1.39. The van der Waals surface area contributed by atoms with Crippen molar-refractivity contribution in [1.82, 2.24) is 0 Å². The monoisotopic (exact) mass is 320 g/mol. The van der Waals surface area contributed by atoms with Gasteiger partial charge in [-0.2, -0.15) is 0 Å². The van der Waals surface area contributed by atoms with Gasteiger partial charge in [-0.1, -0.05) is 18.2 Å². The number of thioether (sulfide) groups is 1. The number of benzene rings is 1. The van der Waals surface area contributed by atoms with E-state index < -0.39 is 0 Å². The number of hydrogen-bond acceptors (Lipinski definition) is 2.